The molecule has 1 heteroatoms. The van der Waals surface area contributed by atoms with Crippen molar-refractivity contribution >= 4 is 6.29 Å². The second-order valence-corrected chi connectivity index (χ2v) is 7.90. The molecule has 0 aromatic rings. The molecule has 2 rings (SSSR count). The molecule has 0 radical (unpaired) electrons. The van der Waals surface area contributed by atoms with Crippen molar-refractivity contribution < 1.29 is 4.79 Å². The van der Waals surface area contributed by atoms with Crippen molar-refractivity contribution in [3.8, 4) is 0 Å². The summed E-state index contributed by atoms with van der Waals surface area (Å²) < 4.78 is 0. The summed E-state index contributed by atoms with van der Waals surface area (Å²) in [6.07, 6.45) is 20.7. The van der Waals surface area contributed by atoms with Crippen LogP contribution >= 0.6 is 0 Å². The van der Waals surface area contributed by atoms with E-state index in [4.69, 9.17) is 0 Å². The molecule has 0 aromatic carbocycles. The van der Waals surface area contributed by atoms with Crippen molar-refractivity contribution in [3.63, 3.8) is 0 Å². The molecule has 2 fully saturated rings. The molecule has 21 heavy (non-hydrogen) atoms. The number of carbonyl (C=O) groups excluding carboxylic acids is 1. The van der Waals surface area contributed by atoms with Crippen molar-refractivity contribution in [1.82, 2.24) is 0 Å². The van der Waals surface area contributed by atoms with Crippen LogP contribution in [0.1, 0.15) is 96.8 Å². The van der Waals surface area contributed by atoms with Gasteiger partial charge in [0.05, 0.1) is 0 Å². The Morgan fingerprint density at radius 2 is 1.14 bits per heavy atom. The summed E-state index contributed by atoms with van der Waals surface area (Å²) in [6, 6.07) is 0. The first kappa shape index (κ1) is 17.0. The zero-order valence-electron chi connectivity index (χ0n) is 14.2. The Balaban J connectivity index is 1.55. The standard InChI is InChI=1S/C20H36O/c1-2-3-4-17-5-7-18(8-6-17)9-10-19-11-13-20(14-12-19)15-16-21/h16-20H,2-15H2,1H3/t17-,18-,19?,20?. The highest BCUT2D eigenvalue weighted by molar-refractivity contribution is 5.49. The maximum absolute atomic E-state index is 10.6. The van der Waals surface area contributed by atoms with Crippen molar-refractivity contribution in [2.75, 3.05) is 0 Å². The summed E-state index contributed by atoms with van der Waals surface area (Å²) in [5.74, 6) is 3.79. The lowest BCUT2D eigenvalue weighted by molar-refractivity contribution is -0.108. The van der Waals surface area contributed by atoms with Crippen LogP contribution in [0.4, 0.5) is 0 Å². The topological polar surface area (TPSA) is 17.1 Å². The van der Waals surface area contributed by atoms with Crippen LogP contribution in [0.25, 0.3) is 0 Å². The number of aldehydes is 1. The van der Waals surface area contributed by atoms with Gasteiger partial charge in [0, 0.05) is 6.42 Å². The van der Waals surface area contributed by atoms with Crippen molar-refractivity contribution in [3.05, 3.63) is 0 Å². The van der Waals surface area contributed by atoms with E-state index < -0.39 is 0 Å². The number of carbonyl (C=O) groups is 1. The molecule has 0 spiro atoms. The first-order chi connectivity index (χ1) is 10.3. The van der Waals surface area contributed by atoms with E-state index in [0.29, 0.717) is 5.92 Å². The minimum Gasteiger partial charge on any atom is -0.303 e. The van der Waals surface area contributed by atoms with Crippen LogP contribution in [0, 0.1) is 23.7 Å². The summed E-state index contributed by atoms with van der Waals surface area (Å²) in [5.41, 5.74) is 0. The van der Waals surface area contributed by atoms with Gasteiger partial charge >= 0.3 is 0 Å². The van der Waals surface area contributed by atoms with Gasteiger partial charge in [0.15, 0.2) is 0 Å². The van der Waals surface area contributed by atoms with E-state index in [1.165, 1.54) is 83.5 Å². The van der Waals surface area contributed by atoms with Crippen LogP contribution in [-0.4, -0.2) is 6.29 Å². The molecule has 0 saturated heterocycles. The Morgan fingerprint density at radius 3 is 1.57 bits per heavy atom. The van der Waals surface area contributed by atoms with Gasteiger partial charge in [0.2, 0.25) is 0 Å². The molecule has 0 N–H and O–H groups in total. The fourth-order valence-electron chi connectivity index (χ4n) is 4.66. The van der Waals surface area contributed by atoms with Crippen molar-refractivity contribution in [1.29, 1.82) is 0 Å². The third-order valence-corrected chi connectivity index (χ3v) is 6.31. The Morgan fingerprint density at radius 1 is 0.714 bits per heavy atom. The van der Waals surface area contributed by atoms with Crippen LogP contribution in [0.3, 0.4) is 0 Å². The smallest absolute Gasteiger partial charge is 0.120 e. The van der Waals surface area contributed by atoms with Gasteiger partial charge < -0.3 is 4.79 Å². The molecule has 122 valence electrons. The van der Waals surface area contributed by atoms with Crippen LogP contribution in [0.15, 0.2) is 0 Å². The molecular weight excluding hydrogens is 256 g/mol. The average molecular weight is 293 g/mol. The van der Waals surface area contributed by atoms with E-state index in [2.05, 4.69) is 6.92 Å². The molecule has 0 heterocycles. The highest BCUT2D eigenvalue weighted by Crippen LogP contribution is 2.38. The van der Waals surface area contributed by atoms with Gasteiger partial charge in [-0.15, -0.1) is 0 Å². The minimum atomic E-state index is 0.716. The van der Waals surface area contributed by atoms with Gasteiger partial charge in [-0.3, -0.25) is 0 Å². The molecule has 0 unspecified atom stereocenters. The highest BCUT2D eigenvalue weighted by atomic mass is 16.1. The van der Waals surface area contributed by atoms with Crippen LogP contribution in [0.5, 0.6) is 0 Å². The number of hydrogen-bond donors (Lipinski definition) is 0. The third-order valence-electron chi connectivity index (χ3n) is 6.31. The predicted molar refractivity (Wildman–Crippen MR) is 90.3 cm³/mol. The average Bonchev–Trinajstić information content (AvgIpc) is 2.53. The molecule has 2 aliphatic carbocycles. The molecule has 0 aromatic heterocycles. The van der Waals surface area contributed by atoms with Gasteiger partial charge in [0.1, 0.15) is 6.29 Å². The second kappa shape index (κ2) is 9.64. The second-order valence-electron chi connectivity index (χ2n) is 7.90. The zero-order valence-corrected chi connectivity index (χ0v) is 14.2. The summed E-state index contributed by atoms with van der Waals surface area (Å²) in [5, 5.41) is 0. The van der Waals surface area contributed by atoms with Gasteiger partial charge in [-0.25, -0.2) is 0 Å². The molecule has 0 atom stereocenters. The first-order valence-corrected chi connectivity index (χ1v) is 9.75. The lowest BCUT2D eigenvalue weighted by atomic mass is 9.74. The third kappa shape index (κ3) is 6.12. The van der Waals surface area contributed by atoms with E-state index in [-0.39, 0.29) is 0 Å². The van der Waals surface area contributed by atoms with Crippen LogP contribution in [-0.2, 0) is 4.79 Å². The lowest BCUT2D eigenvalue weighted by Gasteiger charge is -2.31. The molecular formula is C20H36O. The van der Waals surface area contributed by atoms with Crippen LogP contribution in [0.2, 0.25) is 0 Å². The molecule has 2 aliphatic rings. The Bertz CT molecular complexity index is 270. The molecule has 0 amide bonds. The highest BCUT2D eigenvalue weighted by Gasteiger charge is 2.24. The van der Waals surface area contributed by atoms with E-state index in [1.807, 2.05) is 0 Å². The monoisotopic (exact) mass is 292 g/mol. The van der Waals surface area contributed by atoms with E-state index in [0.717, 1.165) is 30.5 Å². The van der Waals surface area contributed by atoms with E-state index in [1.54, 1.807) is 0 Å². The Kier molecular flexibility index (Phi) is 7.82. The fraction of sp³-hybridized carbons (Fsp3) is 0.950. The maximum Gasteiger partial charge on any atom is 0.120 e. The molecule has 0 aliphatic heterocycles. The number of rotatable bonds is 8. The maximum atomic E-state index is 10.6. The quantitative estimate of drug-likeness (QED) is 0.490. The summed E-state index contributed by atoms with van der Waals surface area (Å²) in [6.45, 7) is 2.31. The summed E-state index contributed by atoms with van der Waals surface area (Å²) in [4.78, 5) is 10.6. The van der Waals surface area contributed by atoms with Gasteiger partial charge in [-0.2, -0.15) is 0 Å². The molecule has 2 saturated carbocycles. The van der Waals surface area contributed by atoms with Gasteiger partial charge in [-0.1, -0.05) is 77.6 Å². The summed E-state index contributed by atoms with van der Waals surface area (Å²) >= 11 is 0. The fourth-order valence-corrected chi connectivity index (χ4v) is 4.66. The van der Waals surface area contributed by atoms with E-state index in [9.17, 15) is 4.79 Å². The van der Waals surface area contributed by atoms with Gasteiger partial charge in [0.25, 0.3) is 0 Å². The largest absolute Gasteiger partial charge is 0.303 e. The SMILES string of the molecule is CCCC[C@H]1CC[C@H](CCC2CCC(CC=O)CC2)CC1. The predicted octanol–water partition coefficient (Wildman–Crippen LogP) is 6.16. The zero-order chi connectivity index (χ0) is 14.9. The lowest BCUT2D eigenvalue weighted by Crippen LogP contribution is -2.18. The first-order valence-electron chi connectivity index (χ1n) is 9.75. The normalized spacial score (nSPS) is 33.8. The van der Waals surface area contributed by atoms with Crippen molar-refractivity contribution in [2.45, 2.75) is 96.8 Å². The Hall–Kier alpha value is -0.330. The molecule has 0 bridgehead atoms. The number of hydrogen-bond acceptors (Lipinski definition) is 1. The van der Waals surface area contributed by atoms with Crippen molar-refractivity contribution in [2.24, 2.45) is 23.7 Å². The van der Waals surface area contributed by atoms with E-state index >= 15 is 0 Å². The molecule has 1 nitrogen and oxygen atoms in total. The van der Waals surface area contributed by atoms with Gasteiger partial charge in [-0.05, 0) is 36.5 Å². The summed E-state index contributed by atoms with van der Waals surface area (Å²) in [7, 11) is 0. The number of unbranched alkanes of at least 4 members (excludes halogenated alkanes) is 1. The minimum absolute atomic E-state index is 0.716. The Labute approximate surface area is 132 Å². The van der Waals surface area contributed by atoms with Crippen LogP contribution < -0.4 is 0 Å².